The highest BCUT2D eigenvalue weighted by atomic mass is 16.4. The molecular weight excluding hydrogens is 242 g/mol. The second kappa shape index (κ2) is 4.20. The topological polar surface area (TPSA) is 68.0 Å². The van der Waals surface area contributed by atoms with Crippen molar-refractivity contribution in [3.8, 4) is 11.1 Å². The van der Waals surface area contributed by atoms with Crippen LogP contribution in [0.5, 0.6) is 0 Å². The molecule has 3 aromatic rings. The van der Waals surface area contributed by atoms with Gasteiger partial charge in [0.25, 0.3) is 0 Å². The zero-order valence-electron chi connectivity index (χ0n) is 10.2. The molecule has 0 saturated carbocycles. The van der Waals surface area contributed by atoms with Crippen LogP contribution in [0.2, 0.25) is 0 Å². The van der Waals surface area contributed by atoms with Gasteiger partial charge in [-0.15, -0.1) is 0 Å². The zero-order valence-corrected chi connectivity index (χ0v) is 10.2. The molecule has 0 amide bonds. The van der Waals surface area contributed by atoms with Crippen LogP contribution in [0.4, 0.5) is 0 Å². The molecule has 0 atom stereocenters. The third-order valence-electron chi connectivity index (χ3n) is 2.95. The van der Waals surface area contributed by atoms with E-state index in [2.05, 4.69) is 10.1 Å². The van der Waals surface area contributed by atoms with Gasteiger partial charge < -0.3 is 5.11 Å². The van der Waals surface area contributed by atoms with Crippen molar-refractivity contribution in [2.24, 2.45) is 7.05 Å². The van der Waals surface area contributed by atoms with E-state index in [-0.39, 0.29) is 5.69 Å². The Morgan fingerprint density at radius 1 is 1.32 bits per heavy atom. The van der Waals surface area contributed by atoms with Crippen molar-refractivity contribution in [1.29, 1.82) is 0 Å². The highest BCUT2D eigenvalue weighted by Gasteiger charge is 2.16. The Labute approximate surface area is 109 Å². The van der Waals surface area contributed by atoms with Crippen LogP contribution in [-0.4, -0.2) is 25.8 Å². The van der Waals surface area contributed by atoms with E-state index in [0.717, 1.165) is 16.5 Å². The van der Waals surface area contributed by atoms with Crippen LogP contribution in [0.1, 0.15) is 10.5 Å². The second-order valence-electron chi connectivity index (χ2n) is 4.28. The van der Waals surface area contributed by atoms with Crippen molar-refractivity contribution in [2.75, 3.05) is 0 Å². The number of carbonyl (C=O) groups is 1. The third-order valence-corrected chi connectivity index (χ3v) is 2.95. The third kappa shape index (κ3) is 1.95. The number of carboxylic acid groups (broad SMARTS) is 1. The van der Waals surface area contributed by atoms with Crippen molar-refractivity contribution in [2.45, 2.75) is 0 Å². The molecule has 0 aliphatic carbocycles. The molecule has 0 aliphatic rings. The number of aromatic carboxylic acids is 1. The number of hydrogen-bond acceptors (Lipinski definition) is 3. The SMILES string of the molecule is Cn1cc(-c2ccc3ncccc3c2)c(C(=O)O)n1. The van der Waals surface area contributed by atoms with E-state index in [1.807, 2.05) is 30.3 Å². The summed E-state index contributed by atoms with van der Waals surface area (Å²) in [6, 6.07) is 9.46. The van der Waals surface area contributed by atoms with E-state index >= 15 is 0 Å². The number of nitrogens with zero attached hydrogens (tertiary/aromatic N) is 3. The Morgan fingerprint density at radius 2 is 2.16 bits per heavy atom. The summed E-state index contributed by atoms with van der Waals surface area (Å²) in [7, 11) is 1.71. The average molecular weight is 253 g/mol. The lowest BCUT2D eigenvalue weighted by Crippen LogP contribution is -2.00. The zero-order chi connectivity index (χ0) is 13.4. The van der Waals surface area contributed by atoms with Gasteiger partial charge in [0.1, 0.15) is 0 Å². The van der Waals surface area contributed by atoms with E-state index in [0.29, 0.717) is 5.56 Å². The monoisotopic (exact) mass is 253 g/mol. The summed E-state index contributed by atoms with van der Waals surface area (Å²) in [5, 5.41) is 14.1. The molecular formula is C14H11N3O2. The summed E-state index contributed by atoms with van der Waals surface area (Å²) in [6.45, 7) is 0. The Hall–Kier alpha value is -2.69. The first-order valence-corrected chi connectivity index (χ1v) is 5.77. The summed E-state index contributed by atoms with van der Waals surface area (Å²) in [6.07, 6.45) is 3.44. The fourth-order valence-corrected chi connectivity index (χ4v) is 2.10. The molecule has 3 rings (SSSR count). The van der Waals surface area contributed by atoms with Gasteiger partial charge in [0.05, 0.1) is 5.52 Å². The highest BCUT2D eigenvalue weighted by Crippen LogP contribution is 2.26. The average Bonchev–Trinajstić information content (AvgIpc) is 2.80. The number of hydrogen-bond donors (Lipinski definition) is 1. The van der Waals surface area contributed by atoms with E-state index in [4.69, 9.17) is 5.11 Å². The van der Waals surface area contributed by atoms with Gasteiger partial charge in [0.2, 0.25) is 0 Å². The summed E-state index contributed by atoms with van der Waals surface area (Å²) < 4.78 is 1.51. The summed E-state index contributed by atoms with van der Waals surface area (Å²) >= 11 is 0. The number of carboxylic acids is 1. The van der Waals surface area contributed by atoms with Crippen molar-refractivity contribution in [1.82, 2.24) is 14.8 Å². The first-order valence-electron chi connectivity index (χ1n) is 5.77. The number of pyridine rings is 1. The number of aromatic nitrogens is 3. The van der Waals surface area contributed by atoms with Crippen LogP contribution in [0.25, 0.3) is 22.0 Å². The maximum Gasteiger partial charge on any atom is 0.357 e. The van der Waals surface area contributed by atoms with Crippen molar-refractivity contribution in [3.05, 3.63) is 48.4 Å². The van der Waals surface area contributed by atoms with Crippen LogP contribution < -0.4 is 0 Å². The molecule has 5 heteroatoms. The minimum Gasteiger partial charge on any atom is -0.476 e. The van der Waals surface area contributed by atoms with Gasteiger partial charge in [0.15, 0.2) is 5.69 Å². The molecule has 19 heavy (non-hydrogen) atoms. The van der Waals surface area contributed by atoms with Crippen LogP contribution in [0.15, 0.2) is 42.7 Å². The Kier molecular flexibility index (Phi) is 2.52. The smallest absolute Gasteiger partial charge is 0.357 e. The number of rotatable bonds is 2. The minimum absolute atomic E-state index is 0.0609. The molecule has 1 aromatic carbocycles. The molecule has 94 valence electrons. The Balaban J connectivity index is 2.21. The number of aryl methyl sites for hydroxylation is 1. The molecule has 0 bridgehead atoms. The van der Waals surface area contributed by atoms with Gasteiger partial charge >= 0.3 is 5.97 Å². The van der Waals surface area contributed by atoms with Crippen molar-refractivity contribution < 1.29 is 9.90 Å². The summed E-state index contributed by atoms with van der Waals surface area (Å²) in [5.74, 6) is -1.03. The van der Waals surface area contributed by atoms with Gasteiger partial charge in [0, 0.05) is 30.4 Å². The summed E-state index contributed by atoms with van der Waals surface area (Å²) in [5.41, 5.74) is 2.38. The molecule has 0 aliphatic heterocycles. The molecule has 0 unspecified atom stereocenters. The Bertz CT molecular complexity index is 777. The van der Waals surface area contributed by atoms with Gasteiger partial charge in [-0.3, -0.25) is 9.67 Å². The fourth-order valence-electron chi connectivity index (χ4n) is 2.10. The van der Waals surface area contributed by atoms with E-state index < -0.39 is 5.97 Å². The first kappa shape index (κ1) is 11.4. The van der Waals surface area contributed by atoms with Crippen LogP contribution in [0.3, 0.4) is 0 Å². The van der Waals surface area contributed by atoms with Gasteiger partial charge in [-0.05, 0) is 23.8 Å². The van der Waals surface area contributed by atoms with Crippen LogP contribution in [-0.2, 0) is 7.05 Å². The Morgan fingerprint density at radius 3 is 2.95 bits per heavy atom. The minimum atomic E-state index is -1.03. The van der Waals surface area contributed by atoms with Gasteiger partial charge in [-0.25, -0.2) is 4.79 Å². The summed E-state index contributed by atoms with van der Waals surface area (Å²) in [4.78, 5) is 15.4. The lowest BCUT2D eigenvalue weighted by atomic mass is 10.0. The molecule has 0 fully saturated rings. The normalized spacial score (nSPS) is 10.8. The predicted molar refractivity (Wildman–Crippen MR) is 70.9 cm³/mol. The largest absolute Gasteiger partial charge is 0.476 e. The van der Waals surface area contributed by atoms with Crippen molar-refractivity contribution >= 4 is 16.9 Å². The lowest BCUT2D eigenvalue weighted by molar-refractivity contribution is 0.0690. The van der Waals surface area contributed by atoms with Crippen LogP contribution in [0, 0.1) is 0 Å². The predicted octanol–water partition coefficient (Wildman–Crippen LogP) is 2.33. The van der Waals surface area contributed by atoms with Gasteiger partial charge in [-0.1, -0.05) is 12.1 Å². The molecule has 2 aromatic heterocycles. The fraction of sp³-hybridized carbons (Fsp3) is 0.0714. The highest BCUT2D eigenvalue weighted by molar-refractivity contribution is 5.95. The standard InChI is InChI=1S/C14H11N3O2/c1-17-8-11(13(16-17)14(18)19)9-4-5-12-10(7-9)3-2-6-15-12/h2-8H,1H3,(H,18,19). The molecule has 2 heterocycles. The number of benzene rings is 1. The van der Waals surface area contributed by atoms with Crippen molar-refractivity contribution in [3.63, 3.8) is 0 Å². The molecule has 0 spiro atoms. The van der Waals surface area contributed by atoms with Crippen LogP contribution >= 0.6 is 0 Å². The van der Waals surface area contributed by atoms with Gasteiger partial charge in [-0.2, -0.15) is 5.10 Å². The quantitative estimate of drug-likeness (QED) is 0.761. The maximum absolute atomic E-state index is 11.2. The molecule has 5 nitrogen and oxygen atoms in total. The lowest BCUT2D eigenvalue weighted by Gasteiger charge is -2.02. The number of fused-ring (bicyclic) bond motifs is 1. The first-order chi connectivity index (χ1) is 9.15. The van der Waals surface area contributed by atoms with E-state index in [1.54, 1.807) is 19.4 Å². The van der Waals surface area contributed by atoms with E-state index in [1.165, 1.54) is 4.68 Å². The van der Waals surface area contributed by atoms with E-state index in [9.17, 15) is 4.79 Å². The molecule has 0 radical (unpaired) electrons. The molecule has 1 N–H and O–H groups in total. The molecule has 0 saturated heterocycles. The maximum atomic E-state index is 11.2. The second-order valence-corrected chi connectivity index (χ2v) is 4.28.